The molecule has 0 fully saturated rings. The zero-order chi connectivity index (χ0) is 11.4. The lowest BCUT2D eigenvalue weighted by Gasteiger charge is -2.08. The second-order valence-electron chi connectivity index (χ2n) is 3.39. The predicted molar refractivity (Wildman–Crippen MR) is 69.7 cm³/mol. The molecule has 2 N–H and O–H groups in total. The molecule has 4 heteroatoms. The Morgan fingerprint density at radius 2 is 2.00 bits per heavy atom. The molecule has 90 valence electrons. The maximum Gasteiger partial charge on any atom is 0.156 e. The van der Waals surface area contributed by atoms with E-state index in [9.17, 15) is 0 Å². The second-order valence-corrected chi connectivity index (χ2v) is 4.48. The Hall–Kier alpha value is -0.220. The van der Waals surface area contributed by atoms with Crippen molar-refractivity contribution in [2.45, 2.75) is 39.5 Å². The molecule has 0 aromatic carbocycles. The second kappa shape index (κ2) is 11.9. The van der Waals surface area contributed by atoms with Gasteiger partial charge in [-0.3, -0.25) is 4.99 Å². The van der Waals surface area contributed by atoms with E-state index in [1.165, 1.54) is 19.3 Å². The summed E-state index contributed by atoms with van der Waals surface area (Å²) in [5, 5.41) is 13.1. The maximum absolute atomic E-state index is 8.75. The largest absolute Gasteiger partial charge is 0.396 e. The van der Waals surface area contributed by atoms with E-state index in [4.69, 9.17) is 5.11 Å². The highest BCUT2D eigenvalue weighted by molar-refractivity contribution is 8.13. The van der Waals surface area contributed by atoms with Crippen LogP contribution in [0.15, 0.2) is 4.99 Å². The van der Waals surface area contributed by atoms with Crippen LogP contribution in [-0.4, -0.2) is 35.7 Å². The van der Waals surface area contributed by atoms with Crippen molar-refractivity contribution in [1.29, 1.82) is 0 Å². The van der Waals surface area contributed by atoms with E-state index in [0.717, 1.165) is 30.4 Å². The minimum Gasteiger partial charge on any atom is -0.396 e. The number of hydrogen-bond acceptors (Lipinski definition) is 3. The van der Waals surface area contributed by atoms with E-state index in [2.05, 4.69) is 24.2 Å². The highest BCUT2D eigenvalue weighted by atomic mass is 32.2. The normalized spacial score (nSPS) is 11.8. The van der Waals surface area contributed by atoms with Crippen molar-refractivity contribution in [3.63, 3.8) is 0 Å². The van der Waals surface area contributed by atoms with Gasteiger partial charge in [0.05, 0.1) is 6.61 Å². The topological polar surface area (TPSA) is 44.6 Å². The number of aliphatic hydroxyl groups excluding tert-OH is 1. The first-order valence-electron chi connectivity index (χ1n) is 5.87. The van der Waals surface area contributed by atoms with Crippen molar-refractivity contribution in [3.8, 4) is 0 Å². The minimum absolute atomic E-state index is 0.215. The van der Waals surface area contributed by atoms with E-state index < -0.39 is 0 Å². The van der Waals surface area contributed by atoms with Crippen molar-refractivity contribution in [2.75, 3.05) is 25.4 Å². The molecule has 0 rings (SSSR count). The molecular formula is C11H24N2OS. The highest BCUT2D eigenvalue weighted by Crippen LogP contribution is 2.02. The van der Waals surface area contributed by atoms with E-state index in [-0.39, 0.29) is 6.61 Å². The zero-order valence-corrected chi connectivity index (χ0v) is 10.8. The van der Waals surface area contributed by atoms with Gasteiger partial charge in [0.1, 0.15) is 0 Å². The summed E-state index contributed by atoms with van der Waals surface area (Å²) in [7, 11) is 0. The molecule has 0 aromatic heterocycles. The number of amidine groups is 1. The average molecular weight is 232 g/mol. The number of rotatable bonds is 8. The smallest absolute Gasteiger partial charge is 0.156 e. The van der Waals surface area contributed by atoms with Gasteiger partial charge in [-0.05, 0) is 12.8 Å². The number of hydrogen-bond donors (Lipinski definition) is 2. The lowest BCUT2D eigenvalue weighted by molar-refractivity contribution is 0.323. The van der Waals surface area contributed by atoms with Gasteiger partial charge in [-0.15, -0.1) is 0 Å². The first-order chi connectivity index (χ1) is 7.35. The van der Waals surface area contributed by atoms with E-state index in [0.29, 0.717) is 0 Å². The van der Waals surface area contributed by atoms with Gasteiger partial charge in [0, 0.05) is 18.8 Å². The third-order valence-corrected chi connectivity index (χ3v) is 2.84. The minimum atomic E-state index is 0.215. The molecule has 0 aliphatic rings. The molecular weight excluding hydrogens is 208 g/mol. The van der Waals surface area contributed by atoms with Crippen LogP contribution in [0.1, 0.15) is 39.5 Å². The number of unbranched alkanes of at least 4 members (excludes halogenated alkanes) is 2. The Balaban J connectivity index is 3.76. The standard InChI is InChI=1S/C11H24N2OS/c1-3-5-7-12-11(15-10-9-14)13-8-6-4-2/h14H,3-10H2,1-2H3,(H,12,13). The van der Waals surface area contributed by atoms with Crippen LogP contribution in [0.2, 0.25) is 0 Å². The third-order valence-electron chi connectivity index (χ3n) is 1.90. The number of nitrogens with zero attached hydrogens (tertiary/aromatic N) is 1. The van der Waals surface area contributed by atoms with Crippen LogP contribution >= 0.6 is 11.8 Å². The van der Waals surface area contributed by atoms with Gasteiger partial charge >= 0.3 is 0 Å². The van der Waals surface area contributed by atoms with Gasteiger partial charge in [-0.25, -0.2) is 0 Å². The van der Waals surface area contributed by atoms with Gasteiger partial charge in [0.2, 0.25) is 0 Å². The highest BCUT2D eigenvalue weighted by Gasteiger charge is 1.98. The molecule has 0 bridgehead atoms. The average Bonchev–Trinajstić information content (AvgIpc) is 2.25. The van der Waals surface area contributed by atoms with Crippen LogP contribution in [0.25, 0.3) is 0 Å². The molecule has 3 nitrogen and oxygen atoms in total. The zero-order valence-electron chi connectivity index (χ0n) is 9.96. The molecule has 0 amide bonds. The van der Waals surface area contributed by atoms with E-state index in [1.807, 2.05) is 0 Å². The van der Waals surface area contributed by atoms with Crippen LogP contribution in [0.4, 0.5) is 0 Å². The Morgan fingerprint density at radius 3 is 2.60 bits per heavy atom. The van der Waals surface area contributed by atoms with Crippen molar-refractivity contribution < 1.29 is 5.11 Å². The predicted octanol–water partition coefficient (Wildman–Crippen LogP) is 2.26. The molecule has 0 unspecified atom stereocenters. The maximum atomic E-state index is 8.75. The number of aliphatic imine (C=N–C) groups is 1. The van der Waals surface area contributed by atoms with Crippen LogP contribution in [0.5, 0.6) is 0 Å². The third kappa shape index (κ3) is 10.1. The molecule has 0 radical (unpaired) electrons. The summed E-state index contributed by atoms with van der Waals surface area (Å²) in [6, 6.07) is 0. The summed E-state index contributed by atoms with van der Waals surface area (Å²) in [4.78, 5) is 4.48. The first-order valence-corrected chi connectivity index (χ1v) is 6.85. The molecule has 0 saturated heterocycles. The Kier molecular flexibility index (Phi) is 11.7. The number of nitrogens with one attached hydrogen (secondary N) is 1. The molecule has 0 heterocycles. The van der Waals surface area contributed by atoms with Crippen LogP contribution in [-0.2, 0) is 0 Å². The quantitative estimate of drug-likeness (QED) is 0.383. The molecule has 0 atom stereocenters. The lowest BCUT2D eigenvalue weighted by atomic mass is 10.3. The van der Waals surface area contributed by atoms with Crippen LogP contribution in [0.3, 0.4) is 0 Å². The fourth-order valence-electron chi connectivity index (χ4n) is 1.01. The SMILES string of the molecule is CCCCN=C(NCCCC)SCCO. The molecule has 0 aromatic rings. The van der Waals surface area contributed by atoms with Crippen molar-refractivity contribution >= 4 is 16.9 Å². The Bertz CT molecular complexity index is 163. The van der Waals surface area contributed by atoms with E-state index in [1.54, 1.807) is 11.8 Å². The summed E-state index contributed by atoms with van der Waals surface area (Å²) in [6.45, 7) is 6.44. The van der Waals surface area contributed by atoms with Gasteiger partial charge in [-0.1, -0.05) is 38.5 Å². The summed E-state index contributed by atoms with van der Waals surface area (Å²) in [6.07, 6.45) is 4.68. The summed E-state index contributed by atoms with van der Waals surface area (Å²) in [5.41, 5.74) is 0. The fourth-order valence-corrected chi connectivity index (χ4v) is 1.68. The van der Waals surface area contributed by atoms with Crippen molar-refractivity contribution in [1.82, 2.24) is 5.32 Å². The lowest BCUT2D eigenvalue weighted by Crippen LogP contribution is -2.22. The number of aliphatic hydroxyl groups is 1. The fraction of sp³-hybridized carbons (Fsp3) is 0.909. The summed E-state index contributed by atoms with van der Waals surface area (Å²) in [5.74, 6) is 0.726. The van der Waals surface area contributed by atoms with Gasteiger partial charge in [-0.2, -0.15) is 0 Å². The van der Waals surface area contributed by atoms with Crippen LogP contribution < -0.4 is 5.32 Å². The molecule has 0 spiro atoms. The van der Waals surface area contributed by atoms with Gasteiger partial charge < -0.3 is 10.4 Å². The summed E-state index contributed by atoms with van der Waals surface area (Å²) < 4.78 is 0. The Morgan fingerprint density at radius 1 is 1.27 bits per heavy atom. The summed E-state index contributed by atoms with van der Waals surface area (Å²) >= 11 is 1.61. The van der Waals surface area contributed by atoms with Gasteiger partial charge in [0.25, 0.3) is 0 Å². The molecule has 0 aliphatic carbocycles. The van der Waals surface area contributed by atoms with Crippen molar-refractivity contribution in [2.24, 2.45) is 4.99 Å². The Labute approximate surface area is 97.8 Å². The molecule has 0 saturated carbocycles. The van der Waals surface area contributed by atoms with Crippen LogP contribution in [0, 0.1) is 0 Å². The monoisotopic (exact) mass is 232 g/mol. The van der Waals surface area contributed by atoms with E-state index >= 15 is 0 Å². The molecule has 15 heavy (non-hydrogen) atoms. The number of thioether (sulfide) groups is 1. The first kappa shape index (κ1) is 14.8. The molecule has 0 aliphatic heterocycles. The van der Waals surface area contributed by atoms with Crippen molar-refractivity contribution in [3.05, 3.63) is 0 Å². The van der Waals surface area contributed by atoms with Gasteiger partial charge in [0.15, 0.2) is 5.17 Å².